The van der Waals surface area contributed by atoms with Crippen molar-refractivity contribution < 1.29 is 14.9 Å². The van der Waals surface area contributed by atoms with Gasteiger partial charge in [0.1, 0.15) is 24.1 Å². The van der Waals surface area contributed by atoms with Crippen molar-refractivity contribution in [3.8, 4) is 0 Å². The zero-order chi connectivity index (χ0) is 16.6. The molecule has 3 heterocycles. The zero-order valence-corrected chi connectivity index (χ0v) is 13.1. The van der Waals surface area contributed by atoms with E-state index in [0.717, 1.165) is 6.42 Å². The molecule has 5 atom stereocenters. The lowest BCUT2D eigenvalue weighted by Gasteiger charge is -2.24. The van der Waals surface area contributed by atoms with E-state index in [9.17, 15) is 10.2 Å². The summed E-state index contributed by atoms with van der Waals surface area (Å²) in [7, 11) is 0. The number of nitrogens with one attached hydrogen (secondary N) is 1. The van der Waals surface area contributed by atoms with Gasteiger partial charge in [-0.05, 0) is 13.3 Å². The Balaban J connectivity index is 1.92. The number of aromatic nitrogens is 4. The van der Waals surface area contributed by atoms with Crippen molar-refractivity contribution in [1.29, 1.82) is 0 Å². The van der Waals surface area contributed by atoms with E-state index in [1.165, 1.54) is 12.7 Å². The lowest BCUT2D eigenvalue weighted by Crippen LogP contribution is -2.49. The van der Waals surface area contributed by atoms with Gasteiger partial charge in [-0.3, -0.25) is 4.57 Å². The predicted molar refractivity (Wildman–Crippen MR) is 83.4 cm³/mol. The van der Waals surface area contributed by atoms with Crippen molar-refractivity contribution in [2.24, 2.45) is 0 Å². The molecule has 0 radical (unpaired) electrons. The second-order valence-electron chi connectivity index (χ2n) is 5.82. The number of fused-ring (bicyclic) bond motifs is 1. The first-order valence-corrected chi connectivity index (χ1v) is 7.70. The third kappa shape index (κ3) is 2.76. The minimum absolute atomic E-state index is 0.189. The van der Waals surface area contributed by atoms with E-state index < -0.39 is 18.4 Å². The van der Waals surface area contributed by atoms with Crippen molar-refractivity contribution in [2.75, 3.05) is 12.3 Å². The van der Waals surface area contributed by atoms with Crippen LogP contribution in [0.4, 0.5) is 5.82 Å². The van der Waals surface area contributed by atoms with Gasteiger partial charge in [0.15, 0.2) is 17.7 Å². The van der Waals surface area contributed by atoms with Crippen molar-refractivity contribution in [3.05, 3.63) is 12.7 Å². The first-order chi connectivity index (χ1) is 11.1. The number of anilines is 1. The molecule has 0 spiro atoms. The molecule has 126 valence electrons. The van der Waals surface area contributed by atoms with Gasteiger partial charge in [0, 0.05) is 6.04 Å². The number of ether oxygens (including phenoxy) is 1. The lowest BCUT2D eigenvalue weighted by molar-refractivity contribution is -0.0490. The van der Waals surface area contributed by atoms with E-state index in [2.05, 4.69) is 20.3 Å². The number of hydrogen-bond acceptors (Lipinski definition) is 8. The van der Waals surface area contributed by atoms with E-state index in [1.54, 1.807) is 4.57 Å². The minimum atomic E-state index is -0.852. The Morgan fingerprint density at radius 2 is 2.22 bits per heavy atom. The fourth-order valence-electron chi connectivity index (χ4n) is 2.84. The number of imidazole rings is 1. The highest BCUT2D eigenvalue weighted by atomic mass is 16.5. The van der Waals surface area contributed by atoms with Crippen molar-refractivity contribution in [2.45, 2.75) is 50.8 Å². The molecule has 2 aromatic rings. The molecule has 1 saturated heterocycles. The summed E-state index contributed by atoms with van der Waals surface area (Å²) in [4.78, 5) is 12.3. The van der Waals surface area contributed by atoms with Crippen LogP contribution in [0.3, 0.4) is 0 Å². The van der Waals surface area contributed by atoms with Crippen LogP contribution in [-0.2, 0) is 4.74 Å². The van der Waals surface area contributed by atoms with Gasteiger partial charge >= 0.3 is 0 Å². The molecule has 9 nitrogen and oxygen atoms in total. The Kier molecular flexibility index (Phi) is 4.44. The van der Waals surface area contributed by atoms with Gasteiger partial charge in [0.25, 0.3) is 0 Å². The van der Waals surface area contributed by atoms with Gasteiger partial charge in [-0.15, -0.1) is 0 Å². The second-order valence-corrected chi connectivity index (χ2v) is 5.82. The lowest BCUT2D eigenvalue weighted by atomic mass is 10.1. The maximum Gasteiger partial charge on any atom is 0.167 e. The average Bonchev–Trinajstić information content (AvgIpc) is 3.10. The van der Waals surface area contributed by atoms with E-state index >= 15 is 0 Å². The van der Waals surface area contributed by atoms with Crippen LogP contribution in [0.2, 0.25) is 0 Å². The molecule has 2 aromatic heterocycles. The number of nitrogen functional groups attached to an aromatic ring is 1. The SMILES string of the molecule is CCC(C)N[C@H]1[C@H](O)[C@H](n2cnc3c(N)ncnc32)O[C@@H]1CO. The smallest absolute Gasteiger partial charge is 0.167 e. The maximum atomic E-state index is 10.7. The van der Waals surface area contributed by atoms with Crippen molar-refractivity contribution >= 4 is 17.0 Å². The van der Waals surface area contributed by atoms with Gasteiger partial charge in [-0.1, -0.05) is 6.92 Å². The Labute approximate surface area is 133 Å². The summed E-state index contributed by atoms with van der Waals surface area (Å²) in [6, 6.07) is -0.180. The molecule has 1 fully saturated rings. The van der Waals surface area contributed by atoms with Crippen LogP contribution in [0, 0.1) is 0 Å². The molecule has 0 aliphatic carbocycles. The molecule has 9 heteroatoms. The quantitative estimate of drug-likeness (QED) is 0.575. The molecular formula is C14H22N6O3. The van der Waals surface area contributed by atoms with Gasteiger partial charge in [0.05, 0.1) is 19.0 Å². The van der Waals surface area contributed by atoms with Crippen LogP contribution < -0.4 is 11.1 Å². The van der Waals surface area contributed by atoms with Crippen LogP contribution in [-0.4, -0.2) is 60.6 Å². The third-order valence-electron chi connectivity index (χ3n) is 4.31. The molecule has 3 rings (SSSR count). The summed E-state index contributed by atoms with van der Waals surface area (Å²) < 4.78 is 7.46. The minimum Gasteiger partial charge on any atom is -0.394 e. The number of nitrogens with zero attached hydrogens (tertiary/aromatic N) is 4. The maximum absolute atomic E-state index is 10.7. The van der Waals surface area contributed by atoms with E-state index in [1.807, 2.05) is 13.8 Å². The predicted octanol–water partition coefficient (Wildman–Crippen LogP) is -0.584. The van der Waals surface area contributed by atoms with Gasteiger partial charge in [-0.25, -0.2) is 15.0 Å². The summed E-state index contributed by atoms with van der Waals surface area (Å²) in [5.74, 6) is 0.272. The molecule has 0 bridgehead atoms. The molecule has 5 N–H and O–H groups in total. The third-order valence-corrected chi connectivity index (χ3v) is 4.31. The Morgan fingerprint density at radius 3 is 2.91 bits per heavy atom. The number of nitrogens with two attached hydrogens (primary N) is 1. The summed E-state index contributed by atoms with van der Waals surface area (Å²) in [5, 5.41) is 23.5. The largest absolute Gasteiger partial charge is 0.394 e. The molecule has 1 aliphatic heterocycles. The molecular weight excluding hydrogens is 300 g/mol. The Bertz CT molecular complexity index is 678. The Hall–Kier alpha value is -1.81. The van der Waals surface area contributed by atoms with Crippen molar-refractivity contribution in [1.82, 2.24) is 24.8 Å². The number of aliphatic hydroxyl groups is 2. The fraction of sp³-hybridized carbons (Fsp3) is 0.643. The second kappa shape index (κ2) is 6.36. The number of hydrogen-bond donors (Lipinski definition) is 4. The van der Waals surface area contributed by atoms with E-state index in [4.69, 9.17) is 10.5 Å². The van der Waals surface area contributed by atoms with Crippen LogP contribution in [0.15, 0.2) is 12.7 Å². The normalized spacial score (nSPS) is 29.2. The molecule has 0 amide bonds. The first kappa shape index (κ1) is 16.1. The highest BCUT2D eigenvalue weighted by molar-refractivity contribution is 5.81. The molecule has 0 saturated carbocycles. The van der Waals surface area contributed by atoms with Crippen LogP contribution in [0.25, 0.3) is 11.2 Å². The zero-order valence-electron chi connectivity index (χ0n) is 13.1. The average molecular weight is 322 g/mol. The van der Waals surface area contributed by atoms with E-state index in [0.29, 0.717) is 11.2 Å². The highest BCUT2D eigenvalue weighted by Crippen LogP contribution is 2.32. The summed E-state index contributed by atoms with van der Waals surface area (Å²) >= 11 is 0. The summed E-state index contributed by atoms with van der Waals surface area (Å²) in [6.45, 7) is 3.88. The topological polar surface area (TPSA) is 131 Å². The highest BCUT2D eigenvalue weighted by Gasteiger charge is 2.45. The first-order valence-electron chi connectivity index (χ1n) is 7.70. The molecule has 1 unspecified atom stereocenters. The fourth-order valence-corrected chi connectivity index (χ4v) is 2.84. The summed E-state index contributed by atoms with van der Waals surface area (Å²) in [6.07, 6.45) is 1.70. The number of rotatable bonds is 5. The number of aliphatic hydroxyl groups excluding tert-OH is 2. The Morgan fingerprint density at radius 1 is 1.43 bits per heavy atom. The van der Waals surface area contributed by atoms with Crippen LogP contribution >= 0.6 is 0 Å². The molecule has 1 aliphatic rings. The summed E-state index contributed by atoms with van der Waals surface area (Å²) in [5.41, 5.74) is 6.73. The monoisotopic (exact) mass is 322 g/mol. The van der Waals surface area contributed by atoms with Crippen LogP contribution in [0.1, 0.15) is 26.5 Å². The van der Waals surface area contributed by atoms with E-state index in [-0.39, 0.29) is 24.5 Å². The molecule has 23 heavy (non-hydrogen) atoms. The van der Waals surface area contributed by atoms with Crippen LogP contribution in [0.5, 0.6) is 0 Å². The molecule has 0 aromatic carbocycles. The van der Waals surface area contributed by atoms with Gasteiger partial charge < -0.3 is 26.0 Å². The van der Waals surface area contributed by atoms with Crippen molar-refractivity contribution in [3.63, 3.8) is 0 Å². The standard InChI is InChI=1S/C14H22N6O3/c1-3-7(2)19-9-8(4-21)23-14(11(9)22)20-6-18-10-12(15)16-5-17-13(10)20/h5-9,11,14,19,21-22H,3-4H2,1-2H3,(H2,15,16,17)/t7?,8-,9-,11+,14-/m1/s1. The van der Waals surface area contributed by atoms with Gasteiger partial charge in [0.2, 0.25) is 0 Å². The van der Waals surface area contributed by atoms with Gasteiger partial charge in [-0.2, -0.15) is 0 Å².